The largest absolute Gasteiger partial charge is 0.467 e. The van der Waals surface area contributed by atoms with Crippen LogP contribution < -0.4 is 11.1 Å². The fourth-order valence-corrected chi connectivity index (χ4v) is 1.29. The van der Waals surface area contributed by atoms with Crippen LogP contribution in [0.4, 0.5) is 15.8 Å². The lowest BCUT2D eigenvalue weighted by Crippen LogP contribution is -2.01. The average molecular weight is 206 g/mol. The van der Waals surface area contributed by atoms with Crippen LogP contribution in [0.5, 0.6) is 0 Å². The number of anilines is 2. The Hall–Kier alpha value is -1.97. The van der Waals surface area contributed by atoms with Crippen molar-refractivity contribution in [2.24, 2.45) is 0 Å². The third-order valence-electron chi connectivity index (χ3n) is 2.05. The monoisotopic (exact) mass is 206 g/mol. The van der Waals surface area contributed by atoms with Crippen LogP contribution in [0.2, 0.25) is 0 Å². The Morgan fingerprint density at radius 3 is 2.87 bits per heavy atom. The third-order valence-corrected chi connectivity index (χ3v) is 2.05. The molecule has 1 heterocycles. The Morgan fingerprint density at radius 1 is 1.33 bits per heavy atom. The number of benzene rings is 1. The molecule has 0 spiro atoms. The van der Waals surface area contributed by atoms with Gasteiger partial charge in [-0.15, -0.1) is 0 Å². The zero-order valence-electron chi connectivity index (χ0n) is 8.03. The molecule has 0 atom stereocenters. The summed E-state index contributed by atoms with van der Waals surface area (Å²) in [4.78, 5) is 0. The molecule has 2 aromatic rings. The fourth-order valence-electron chi connectivity index (χ4n) is 1.29. The molecule has 0 aliphatic rings. The summed E-state index contributed by atoms with van der Waals surface area (Å²) in [6.45, 7) is 0.531. The van der Waals surface area contributed by atoms with E-state index >= 15 is 0 Å². The molecule has 3 nitrogen and oxygen atoms in total. The van der Waals surface area contributed by atoms with Crippen LogP contribution in [0, 0.1) is 5.82 Å². The smallest absolute Gasteiger partial charge is 0.125 e. The van der Waals surface area contributed by atoms with Crippen LogP contribution in [0.3, 0.4) is 0 Å². The molecule has 0 amide bonds. The van der Waals surface area contributed by atoms with Gasteiger partial charge in [0.05, 0.1) is 24.2 Å². The molecule has 0 radical (unpaired) electrons. The normalized spacial score (nSPS) is 10.2. The molecular weight excluding hydrogens is 195 g/mol. The second-order valence-electron chi connectivity index (χ2n) is 3.16. The molecule has 0 aliphatic carbocycles. The maximum Gasteiger partial charge on any atom is 0.125 e. The third kappa shape index (κ3) is 2.28. The molecule has 0 bridgehead atoms. The number of nitrogens with two attached hydrogens (primary N) is 1. The molecule has 0 saturated heterocycles. The number of nitrogens with one attached hydrogen (secondary N) is 1. The summed E-state index contributed by atoms with van der Waals surface area (Å²) in [7, 11) is 0. The lowest BCUT2D eigenvalue weighted by Gasteiger charge is -2.07. The van der Waals surface area contributed by atoms with E-state index in [1.54, 1.807) is 12.3 Å². The minimum absolute atomic E-state index is 0.337. The van der Waals surface area contributed by atoms with Crippen LogP contribution in [-0.2, 0) is 6.54 Å². The summed E-state index contributed by atoms with van der Waals surface area (Å²) in [6, 6.07) is 7.91. The Balaban J connectivity index is 2.05. The second-order valence-corrected chi connectivity index (χ2v) is 3.16. The molecule has 3 N–H and O–H groups in total. The molecule has 15 heavy (non-hydrogen) atoms. The molecule has 0 saturated carbocycles. The van der Waals surface area contributed by atoms with Crippen LogP contribution >= 0.6 is 0 Å². The summed E-state index contributed by atoms with van der Waals surface area (Å²) >= 11 is 0. The fraction of sp³-hybridized carbons (Fsp3) is 0.0909. The van der Waals surface area contributed by atoms with Crippen molar-refractivity contribution in [1.29, 1.82) is 0 Å². The van der Waals surface area contributed by atoms with E-state index in [4.69, 9.17) is 10.2 Å². The lowest BCUT2D eigenvalue weighted by molar-refractivity contribution is 0.518. The number of halogens is 1. The minimum Gasteiger partial charge on any atom is -0.467 e. The van der Waals surface area contributed by atoms with Gasteiger partial charge in [-0.25, -0.2) is 4.39 Å². The summed E-state index contributed by atoms with van der Waals surface area (Å²) in [5.74, 6) is 0.467. The van der Waals surface area contributed by atoms with Gasteiger partial charge in [0.2, 0.25) is 0 Å². The molecule has 0 fully saturated rings. The first-order chi connectivity index (χ1) is 7.25. The van der Waals surface area contributed by atoms with Gasteiger partial charge in [-0.2, -0.15) is 0 Å². The first-order valence-corrected chi connectivity index (χ1v) is 4.57. The Kier molecular flexibility index (Phi) is 2.58. The van der Waals surface area contributed by atoms with Crippen molar-refractivity contribution in [3.05, 3.63) is 48.2 Å². The van der Waals surface area contributed by atoms with Crippen LogP contribution in [-0.4, -0.2) is 0 Å². The number of hydrogen-bond acceptors (Lipinski definition) is 3. The number of rotatable bonds is 3. The maximum absolute atomic E-state index is 12.7. The van der Waals surface area contributed by atoms with Gasteiger partial charge in [-0.3, -0.25) is 0 Å². The van der Waals surface area contributed by atoms with Crippen molar-refractivity contribution in [1.82, 2.24) is 0 Å². The highest BCUT2D eigenvalue weighted by atomic mass is 19.1. The van der Waals surface area contributed by atoms with Gasteiger partial charge in [0.15, 0.2) is 0 Å². The van der Waals surface area contributed by atoms with Gasteiger partial charge in [0.25, 0.3) is 0 Å². The van der Waals surface area contributed by atoms with E-state index in [0.29, 0.717) is 17.9 Å². The van der Waals surface area contributed by atoms with E-state index < -0.39 is 0 Å². The first-order valence-electron chi connectivity index (χ1n) is 4.57. The van der Waals surface area contributed by atoms with E-state index in [2.05, 4.69) is 5.32 Å². The van der Waals surface area contributed by atoms with Crippen LogP contribution in [0.1, 0.15) is 5.76 Å². The zero-order chi connectivity index (χ0) is 10.7. The quantitative estimate of drug-likeness (QED) is 0.759. The molecule has 0 aliphatic heterocycles. The van der Waals surface area contributed by atoms with Crippen molar-refractivity contribution < 1.29 is 8.81 Å². The van der Waals surface area contributed by atoms with Crippen molar-refractivity contribution >= 4 is 11.4 Å². The Morgan fingerprint density at radius 2 is 2.20 bits per heavy atom. The van der Waals surface area contributed by atoms with Gasteiger partial charge in [0.1, 0.15) is 11.6 Å². The Labute approximate surface area is 86.7 Å². The van der Waals surface area contributed by atoms with Gasteiger partial charge >= 0.3 is 0 Å². The predicted molar refractivity (Wildman–Crippen MR) is 56.8 cm³/mol. The van der Waals surface area contributed by atoms with Gasteiger partial charge < -0.3 is 15.5 Å². The highest BCUT2D eigenvalue weighted by Crippen LogP contribution is 2.19. The Bertz CT molecular complexity index is 440. The average Bonchev–Trinajstić information content (AvgIpc) is 2.69. The van der Waals surface area contributed by atoms with Crippen molar-refractivity contribution in [3.63, 3.8) is 0 Å². The summed E-state index contributed by atoms with van der Waals surface area (Å²) in [6.07, 6.45) is 1.60. The second kappa shape index (κ2) is 4.04. The standard InChI is InChI=1S/C11H11FN2O/c12-8-3-4-11(10(13)6-8)14-7-9-2-1-5-15-9/h1-6,14H,7,13H2. The van der Waals surface area contributed by atoms with Gasteiger partial charge in [0, 0.05) is 0 Å². The minimum atomic E-state index is -0.337. The summed E-state index contributed by atoms with van der Waals surface area (Å²) in [5, 5.41) is 3.06. The van der Waals surface area contributed by atoms with Crippen molar-refractivity contribution in [2.75, 3.05) is 11.1 Å². The van der Waals surface area contributed by atoms with Crippen LogP contribution in [0.15, 0.2) is 41.0 Å². The lowest BCUT2D eigenvalue weighted by atomic mass is 10.2. The van der Waals surface area contributed by atoms with E-state index in [1.807, 2.05) is 12.1 Å². The number of furan rings is 1. The summed E-state index contributed by atoms with van der Waals surface area (Å²) < 4.78 is 17.9. The molecular formula is C11H11FN2O. The van der Waals surface area contributed by atoms with E-state index in [-0.39, 0.29) is 5.82 Å². The van der Waals surface area contributed by atoms with E-state index in [1.165, 1.54) is 12.1 Å². The van der Waals surface area contributed by atoms with Crippen LogP contribution in [0.25, 0.3) is 0 Å². The molecule has 2 rings (SSSR count). The van der Waals surface area contributed by atoms with Gasteiger partial charge in [-0.1, -0.05) is 0 Å². The molecule has 1 aromatic carbocycles. The van der Waals surface area contributed by atoms with Crippen molar-refractivity contribution in [3.8, 4) is 0 Å². The zero-order valence-corrected chi connectivity index (χ0v) is 8.03. The predicted octanol–water partition coefficient (Wildman–Crippen LogP) is 2.61. The number of hydrogen-bond donors (Lipinski definition) is 2. The summed E-state index contributed by atoms with van der Waals surface area (Å²) in [5.41, 5.74) is 6.72. The number of nitrogen functional groups attached to an aromatic ring is 1. The highest BCUT2D eigenvalue weighted by molar-refractivity contribution is 5.65. The van der Waals surface area contributed by atoms with Crippen molar-refractivity contribution in [2.45, 2.75) is 6.54 Å². The SMILES string of the molecule is Nc1cc(F)ccc1NCc1ccco1. The van der Waals surface area contributed by atoms with E-state index in [9.17, 15) is 4.39 Å². The first kappa shape index (κ1) is 9.58. The molecule has 4 heteroatoms. The highest BCUT2D eigenvalue weighted by Gasteiger charge is 2.01. The molecule has 78 valence electrons. The van der Waals surface area contributed by atoms with Gasteiger partial charge in [-0.05, 0) is 30.3 Å². The topological polar surface area (TPSA) is 51.2 Å². The maximum atomic E-state index is 12.7. The van der Waals surface area contributed by atoms with E-state index in [0.717, 1.165) is 5.76 Å². The molecule has 1 aromatic heterocycles. The molecule has 0 unspecified atom stereocenters.